The molecule has 0 atom stereocenters. The molecule has 0 aliphatic carbocycles. The van der Waals surface area contributed by atoms with E-state index in [1.807, 2.05) is 41.1 Å². The average molecular weight is 427 g/mol. The summed E-state index contributed by atoms with van der Waals surface area (Å²) in [5.41, 5.74) is 2.19. The minimum Gasteiger partial charge on any atom is -0.322 e. The summed E-state index contributed by atoms with van der Waals surface area (Å²) in [5, 5.41) is 2.57. The van der Waals surface area contributed by atoms with Crippen LogP contribution in [0.25, 0.3) is 16.9 Å². The number of hydrogen-bond acceptors (Lipinski definition) is 4. The topological polar surface area (TPSA) is 80.5 Å². The van der Waals surface area contributed by atoms with Crippen molar-refractivity contribution in [2.75, 3.05) is 5.32 Å². The summed E-state index contributed by atoms with van der Waals surface area (Å²) in [6, 6.07) is 17.3. The molecule has 152 valence electrons. The maximum absolute atomic E-state index is 13.0. The Balaban J connectivity index is 1.65. The quantitative estimate of drug-likeness (QED) is 0.516. The fourth-order valence-corrected chi connectivity index (χ4v) is 3.95. The molecule has 0 unspecified atom stereocenters. The second-order valence-corrected chi connectivity index (χ2v) is 8.32. The summed E-state index contributed by atoms with van der Waals surface area (Å²) in [6.07, 6.45) is 3.69. The van der Waals surface area contributed by atoms with Crippen molar-refractivity contribution in [2.45, 2.75) is 10.7 Å². The minimum absolute atomic E-state index is 0.351. The van der Waals surface area contributed by atoms with E-state index < -0.39 is 26.4 Å². The van der Waals surface area contributed by atoms with Crippen molar-refractivity contribution in [3.05, 3.63) is 84.7 Å². The first-order valence-corrected chi connectivity index (χ1v) is 10.4. The molecule has 4 rings (SSSR count). The Bertz CT molecular complexity index is 1320. The number of sulfone groups is 1. The van der Waals surface area contributed by atoms with E-state index in [9.17, 15) is 22.0 Å². The lowest BCUT2D eigenvalue weighted by molar-refractivity contribution is 0.102. The number of hydrogen-bond donors (Lipinski definition) is 1. The fourth-order valence-electron chi connectivity index (χ4n) is 3.03. The minimum atomic E-state index is -4.92. The summed E-state index contributed by atoms with van der Waals surface area (Å²) in [6.45, 7) is 0. The molecular formula is C21H15F2N3O3S. The second kappa shape index (κ2) is 7.68. The molecule has 4 aromatic rings. The normalized spacial score (nSPS) is 11.7. The predicted octanol–water partition coefficient (Wildman–Crippen LogP) is 4.25. The van der Waals surface area contributed by atoms with Gasteiger partial charge in [-0.2, -0.15) is 8.78 Å². The third kappa shape index (κ3) is 3.67. The first kappa shape index (κ1) is 19.7. The summed E-state index contributed by atoms with van der Waals surface area (Å²) in [4.78, 5) is 16.5. The summed E-state index contributed by atoms with van der Waals surface area (Å²) in [7, 11) is -4.92. The Morgan fingerprint density at radius 2 is 1.77 bits per heavy atom. The predicted molar refractivity (Wildman–Crippen MR) is 108 cm³/mol. The number of fused-ring (bicyclic) bond motifs is 1. The molecule has 0 aliphatic rings. The molecule has 6 nitrogen and oxygen atoms in total. The molecule has 2 heterocycles. The number of imidazole rings is 1. The van der Waals surface area contributed by atoms with Crippen molar-refractivity contribution in [2.24, 2.45) is 0 Å². The summed E-state index contributed by atoms with van der Waals surface area (Å²) >= 11 is 0. The Morgan fingerprint density at radius 3 is 2.53 bits per heavy atom. The van der Waals surface area contributed by atoms with Crippen LogP contribution in [0.15, 0.2) is 84.0 Å². The lowest BCUT2D eigenvalue weighted by Crippen LogP contribution is -2.19. The van der Waals surface area contributed by atoms with E-state index in [2.05, 4.69) is 10.3 Å². The number of nitrogens with one attached hydrogen (secondary N) is 1. The van der Waals surface area contributed by atoms with Gasteiger partial charge >= 0.3 is 5.76 Å². The lowest BCUT2D eigenvalue weighted by atomic mass is 10.1. The van der Waals surface area contributed by atoms with Crippen molar-refractivity contribution in [1.29, 1.82) is 0 Å². The van der Waals surface area contributed by atoms with Gasteiger partial charge in [-0.1, -0.05) is 30.3 Å². The molecule has 0 saturated heterocycles. The summed E-state index contributed by atoms with van der Waals surface area (Å²) < 4.78 is 51.6. The molecule has 1 N–H and O–H groups in total. The molecule has 2 aromatic carbocycles. The standard InChI is InChI=1S/C21H15F2N3O3S/c22-21(23)30(28,29)18-9-2-1-8-16(18)20(27)24-15-7-5-6-14(12-15)17-13-26-11-4-3-10-19(26)25-17/h1-13,21H,(H,24,27). The molecule has 30 heavy (non-hydrogen) atoms. The molecule has 0 spiro atoms. The van der Waals surface area contributed by atoms with Gasteiger partial charge in [0.15, 0.2) is 0 Å². The van der Waals surface area contributed by atoms with E-state index >= 15 is 0 Å². The first-order chi connectivity index (χ1) is 14.4. The van der Waals surface area contributed by atoms with Crippen LogP contribution in [-0.2, 0) is 9.84 Å². The number of aromatic nitrogens is 2. The molecule has 0 radical (unpaired) electrons. The van der Waals surface area contributed by atoms with E-state index in [1.54, 1.807) is 18.2 Å². The van der Waals surface area contributed by atoms with Crippen molar-refractivity contribution < 1.29 is 22.0 Å². The van der Waals surface area contributed by atoms with Crippen molar-refractivity contribution in [1.82, 2.24) is 9.38 Å². The number of carbonyl (C=O) groups is 1. The SMILES string of the molecule is O=C(Nc1cccc(-c2cn3ccccc3n2)c1)c1ccccc1S(=O)(=O)C(F)F. The molecule has 0 bridgehead atoms. The highest BCUT2D eigenvalue weighted by molar-refractivity contribution is 7.91. The zero-order valence-electron chi connectivity index (χ0n) is 15.4. The van der Waals surface area contributed by atoms with Gasteiger partial charge in [0.2, 0.25) is 9.84 Å². The van der Waals surface area contributed by atoms with Gasteiger partial charge in [-0.15, -0.1) is 0 Å². The zero-order valence-corrected chi connectivity index (χ0v) is 16.2. The van der Waals surface area contributed by atoms with Crippen LogP contribution in [0.4, 0.5) is 14.5 Å². The maximum Gasteiger partial charge on any atom is 0.341 e. The van der Waals surface area contributed by atoms with E-state index in [0.29, 0.717) is 11.4 Å². The Hall–Kier alpha value is -3.59. The largest absolute Gasteiger partial charge is 0.341 e. The molecule has 1 amide bonds. The van der Waals surface area contributed by atoms with Gasteiger partial charge in [0, 0.05) is 23.6 Å². The van der Waals surface area contributed by atoms with Gasteiger partial charge in [-0.05, 0) is 36.4 Å². The van der Waals surface area contributed by atoms with Crippen LogP contribution >= 0.6 is 0 Å². The van der Waals surface area contributed by atoms with Crippen LogP contribution in [0.5, 0.6) is 0 Å². The Labute approximate surface area is 170 Å². The molecule has 0 aliphatic heterocycles. The highest BCUT2D eigenvalue weighted by Gasteiger charge is 2.30. The van der Waals surface area contributed by atoms with E-state index in [4.69, 9.17) is 0 Å². The monoisotopic (exact) mass is 427 g/mol. The molecule has 0 fully saturated rings. The molecule has 2 aromatic heterocycles. The molecular weight excluding hydrogens is 412 g/mol. The fraction of sp³-hybridized carbons (Fsp3) is 0.0476. The summed E-state index contributed by atoms with van der Waals surface area (Å²) in [5.74, 6) is -4.42. The number of carbonyl (C=O) groups excluding carboxylic acids is 1. The van der Waals surface area contributed by atoms with Gasteiger partial charge in [-0.25, -0.2) is 13.4 Å². The highest BCUT2D eigenvalue weighted by Crippen LogP contribution is 2.25. The van der Waals surface area contributed by atoms with Crippen LogP contribution < -0.4 is 5.32 Å². The maximum atomic E-state index is 13.0. The third-order valence-corrected chi connectivity index (χ3v) is 5.89. The van der Waals surface area contributed by atoms with Gasteiger partial charge in [0.05, 0.1) is 16.2 Å². The zero-order chi connectivity index (χ0) is 21.3. The Morgan fingerprint density at radius 1 is 1.00 bits per heavy atom. The number of benzene rings is 2. The van der Waals surface area contributed by atoms with Gasteiger partial charge < -0.3 is 9.72 Å². The van der Waals surface area contributed by atoms with Crippen LogP contribution in [-0.4, -0.2) is 29.5 Å². The number of pyridine rings is 1. The molecule has 9 heteroatoms. The Kier molecular flexibility index (Phi) is 5.04. The van der Waals surface area contributed by atoms with Crippen molar-refractivity contribution >= 4 is 27.1 Å². The molecule has 0 saturated carbocycles. The van der Waals surface area contributed by atoms with Gasteiger partial charge in [-0.3, -0.25) is 4.79 Å². The van der Waals surface area contributed by atoms with Crippen molar-refractivity contribution in [3.8, 4) is 11.3 Å². The number of anilines is 1. The van der Waals surface area contributed by atoms with E-state index in [-0.39, 0.29) is 5.56 Å². The van der Waals surface area contributed by atoms with E-state index in [0.717, 1.165) is 17.3 Å². The van der Waals surface area contributed by atoms with Crippen LogP contribution in [0, 0.1) is 0 Å². The van der Waals surface area contributed by atoms with Crippen LogP contribution in [0.3, 0.4) is 0 Å². The number of halogens is 2. The van der Waals surface area contributed by atoms with Crippen molar-refractivity contribution in [3.63, 3.8) is 0 Å². The smallest absolute Gasteiger partial charge is 0.322 e. The lowest BCUT2D eigenvalue weighted by Gasteiger charge is -2.11. The third-order valence-electron chi connectivity index (χ3n) is 4.45. The van der Waals surface area contributed by atoms with Gasteiger partial charge in [0.1, 0.15) is 5.65 Å². The van der Waals surface area contributed by atoms with Gasteiger partial charge in [0.25, 0.3) is 5.91 Å². The highest BCUT2D eigenvalue weighted by atomic mass is 32.2. The number of alkyl halides is 2. The van der Waals surface area contributed by atoms with E-state index in [1.165, 1.54) is 18.2 Å². The number of nitrogens with zero attached hydrogens (tertiary/aromatic N) is 2. The second-order valence-electron chi connectivity index (χ2n) is 6.43. The number of amides is 1. The van der Waals surface area contributed by atoms with Crippen LogP contribution in [0.2, 0.25) is 0 Å². The first-order valence-electron chi connectivity index (χ1n) is 8.83. The average Bonchev–Trinajstić information content (AvgIpc) is 3.18. The number of rotatable bonds is 5. The van der Waals surface area contributed by atoms with Crippen LogP contribution in [0.1, 0.15) is 10.4 Å².